The quantitative estimate of drug-likeness (QED) is 0.609. The molecule has 0 aliphatic heterocycles. The topological polar surface area (TPSA) is 82.5 Å². The molecule has 7 nitrogen and oxygen atoms in total. The van der Waals surface area contributed by atoms with Crippen molar-refractivity contribution in [1.29, 1.82) is 0 Å². The van der Waals surface area contributed by atoms with E-state index >= 15 is 0 Å². The van der Waals surface area contributed by atoms with Gasteiger partial charge in [0.1, 0.15) is 17.6 Å². The molecular weight excluding hydrogens is 401 g/mol. The molecule has 0 spiro atoms. The molecule has 164 valence electrons. The number of amides is 1. The number of benzene rings is 2. The van der Waals surface area contributed by atoms with Crippen molar-refractivity contribution in [2.24, 2.45) is 5.41 Å². The summed E-state index contributed by atoms with van der Waals surface area (Å²) in [5, 5.41) is 7.84. The van der Waals surface area contributed by atoms with Gasteiger partial charge in [-0.2, -0.15) is 5.10 Å². The van der Waals surface area contributed by atoms with Gasteiger partial charge in [0.05, 0.1) is 26.3 Å². The Morgan fingerprint density at radius 3 is 2.39 bits per heavy atom. The Balaban J connectivity index is 2.03. The summed E-state index contributed by atoms with van der Waals surface area (Å²) in [5.41, 5.74) is 1.14. The first-order valence-corrected chi connectivity index (χ1v) is 9.81. The molecule has 0 fully saturated rings. The predicted molar refractivity (Wildman–Crippen MR) is 115 cm³/mol. The van der Waals surface area contributed by atoms with E-state index in [9.17, 15) is 14.0 Å². The highest BCUT2D eigenvalue weighted by Crippen LogP contribution is 2.26. The Hall–Kier alpha value is -3.42. The van der Waals surface area contributed by atoms with Crippen LogP contribution in [0.15, 0.2) is 42.5 Å². The molecule has 8 heteroatoms. The third-order valence-electron chi connectivity index (χ3n) is 5.00. The van der Waals surface area contributed by atoms with Gasteiger partial charge in [-0.3, -0.25) is 9.48 Å². The molecule has 1 N–H and O–H groups in total. The fraction of sp³-hybridized carbons (Fsp3) is 0.348. The van der Waals surface area contributed by atoms with Crippen molar-refractivity contribution in [3.8, 4) is 5.75 Å². The minimum atomic E-state index is -0.854. The van der Waals surface area contributed by atoms with E-state index in [1.807, 2.05) is 26.8 Å². The molecule has 1 atom stereocenters. The summed E-state index contributed by atoms with van der Waals surface area (Å²) >= 11 is 0. The van der Waals surface area contributed by atoms with Crippen LogP contribution in [0.25, 0.3) is 10.9 Å². The average Bonchev–Trinajstić information content (AvgIpc) is 3.09. The van der Waals surface area contributed by atoms with E-state index in [4.69, 9.17) is 9.47 Å². The summed E-state index contributed by atoms with van der Waals surface area (Å²) in [6.45, 7) is 5.85. The van der Waals surface area contributed by atoms with Crippen molar-refractivity contribution in [3.63, 3.8) is 0 Å². The number of halogens is 1. The third-order valence-corrected chi connectivity index (χ3v) is 5.00. The number of hydrogen-bond donors (Lipinski definition) is 1. The van der Waals surface area contributed by atoms with Gasteiger partial charge in [-0.05, 0) is 41.3 Å². The molecule has 1 heterocycles. The van der Waals surface area contributed by atoms with Gasteiger partial charge < -0.3 is 14.8 Å². The van der Waals surface area contributed by atoms with Crippen molar-refractivity contribution in [3.05, 3.63) is 59.5 Å². The van der Waals surface area contributed by atoms with Gasteiger partial charge >= 0.3 is 5.97 Å². The molecule has 0 aliphatic carbocycles. The summed E-state index contributed by atoms with van der Waals surface area (Å²) in [5.74, 6) is -0.784. The molecule has 3 aromatic rings. The lowest BCUT2D eigenvalue weighted by atomic mass is 9.86. The van der Waals surface area contributed by atoms with Crippen LogP contribution < -0.4 is 10.1 Å². The molecular formula is C23H26FN3O4. The minimum absolute atomic E-state index is 0.161. The molecule has 1 aromatic heterocycles. The van der Waals surface area contributed by atoms with Gasteiger partial charge in [0, 0.05) is 5.39 Å². The molecule has 0 aliphatic rings. The van der Waals surface area contributed by atoms with Crippen LogP contribution >= 0.6 is 0 Å². The predicted octanol–water partition coefficient (Wildman–Crippen LogP) is 3.55. The van der Waals surface area contributed by atoms with Crippen LogP contribution in [0.3, 0.4) is 0 Å². The number of aromatic nitrogens is 2. The van der Waals surface area contributed by atoms with Crippen molar-refractivity contribution < 1.29 is 23.5 Å². The number of methoxy groups -OCH3 is 2. The zero-order chi connectivity index (χ0) is 22.8. The van der Waals surface area contributed by atoms with Crippen LogP contribution in [0, 0.1) is 11.2 Å². The van der Waals surface area contributed by atoms with Crippen LogP contribution in [-0.4, -0.2) is 41.9 Å². The van der Waals surface area contributed by atoms with Crippen LogP contribution in [0.2, 0.25) is 0 Å². The van der Waals surface area contributed by atoms with E-state index in [-0.39, 0.29) is 11.5 Å². The number of esters is 1. The second kappa shape index (κ2) is 8.75. The lowest BCUT2D eigenvalue weighted by Gasteiger charge is -2.28. The summed E-state index contributed by atoms with van der Waals surface area (Å²) in [6, 6.07) is 10.5. The van der Waals surface area contributed by atoms with E-state index in [1.54, 1.807) is 28.9 Å². The average molecular weight is 427 g/mol. The Labute approximate surface area is 180 Å². The van der Waals surface area contributed by atoms with Crippen molar-refractivity contribution in [1.82, 2.24) is 15.1 Å². The minimum Gasteiger partial charge on any atom is -0.497 e. The van der Waals surface area contributed by atoms with Crippen molar-refractivity contribution in [2.45, 2.75) is 33.4 Å². The molecule has 0 saturated heterocycles. The fourth-order valence-electron chi connectivity index (χ4n) is 3.28. The van der Waals surface area contributed by atoms with Gasteiger partial charge in [-0.1, -0.05) is 32.9 Å². The smallest absolute Gasteiger partial charge is 0.328 e. The zero-order valence-corrected chi connectivity index (χ0v) is 18.2. The zero-order valence-electron chi connectivity index (χ0n) is 18.2. The van der Waals surface area contributed by atoms with Gasteiger partial charge in [0.2, 0.25) is 0 Å². The summed E-state index contributed by atoms with van der Waals surface area (Å²) in [6.07, 6.45) is 0. The van der Waals surface area contributed by atoms with Gasteiger partial charge in [-0.25, -0.2) is 9.18 Å². The van der Waals surface area contributed by atoms with Gasteiger partial charge in [-0.15, -0.1) is 0 Å². The molecule has 3 rings (SSSR count). The highest BCUT2D eigenvalue weighted by Gasteiger charge is 2.35. The van der Waals surface area contributed by atoms with E-state index < -0.39 is 23.3 Å². The Morgan fingerprint density at radius 2 is 1.81 bits per heavy atom. The first kappa shape index (κ1) is 22.3. The molecule has 0 bridgehead atoms. The third kappa shape index (κ3) is 4.84. The number of rotatable bonds is 6. The second-order valence-electron chi connectivity index (χ2n) is 8.31. The lowest BCUT2D eigenvalue weighted by Crippen LogP contribution is -2.49. The van der Waals surface area contributed by atoms with E-state index in [2.05, 4.69) is 10.4 Å². The number of nitrogens with zero attached hydrogens (tertiary/aromatic N) is 2. The van der Waals surface area contributed by atoms with Crippen LogP contribution in [0.4, 0.5) is 4.39 Å². The normalized spacial score (nSPS) is 12.5. The molecule has 31 heavy (non-hydrogen) atoms. The summed E-state index contributed by atoms with van der Waals surface area (Å²) < 4.78 is 25.1. The Kier molecular flexibility index (Phi) is 6.29. The number of nitrogens with one attached hydrogen (secondary N) is 1. The maximum atomic E-state index is 13.3. The van der Waals surface area contributed by atoms with E-state index in [0.29, 0.717) is 23.2 Å². The molecule has 2 aromatic carbocycles. The standard InChI is InChI=1S/C23H26FN3O4/c1-23(2,3)20(22(29)31-5)25-21(28)19-17-12-16(30-4)10-11-18(17)27(26-19)13-14-6-8-15(24)9-7-14/h6-12,20H,13H2,1-5H3,(H,25,28)/t20-/m1/s1. The Morgan fingerprint density at radius 1 is 1.13 bits per heavy atom. The maximum absolute atomic E-state index is 13.3. The fourth-order valence-corrected chi connectivity index (χ4v) is 3.28. The van der Waals surface area contributed by atoms with E-state index in [1.165, 1.54) is 26.4 Å². The largest absolute Gasteiger partial charge is 0.497 e. The molecule has 0 unspecified atom stereocenters. The number of ether oxygens (including phenoxy) is 2. The number of hydrogen-bond acceptors (Lipinski definition) is 5. The lowest BCUT2D eigenvalue weighted by molar-refractivity contribution is -0.145. The first-order valence-electron chi connectivity index (χ1n) is 9.81. The first-order chi connectivity index (χ1) is 14.6. The van der Waals surface area contributed by atoms with Gasteiger partial charge in [0.15, 0.2) is 5.69 Å². The molecule has 0 saturated carbocycles. The van der Waals surface area contributed by atoms with Crippen molar-refractivity contribution >= 4 is 22.8 Å². The van der Waals surface area contributed by atoms with Crippen LogP contribution in [0.5, 0.6) is 5.75 Å². The highest BCUT2D eigenvalue weighted by molar-refractivity contribution is 6.06. The molecule has 1 amide bonds. The van der Waals surface area contributed by atoms with E-state index in [0.717, 1.165) is 5.56 Å². The molecule has 0 radical (unpaired) electrons. The number of carbonyl (C=O) groups is 2. The Bertz CT molecular complexity index is 1100. The monoisotopic (exact) mass is 427 g/mol. The summed E-state index contributed by atoms with van der Waals surface area (Å²) in [7, 11) is 2.82. The summed E-state index contributed by atoms with van der Waals surface area (Å²) in [4.78, 5) is 25.4. The van der Waals surface area contributed by atoms with Crippen LogP contribution in [-0.2, 0) is 16.1 Å². The van der Waals surface area contributed by atoms with Gasteiger partial charge in [0.25, 0.3) is 5.91 Å². The number of fused-ring (bicyclic) bond motifs is 1. The maximum Gasteiger partial charge on any atom is 0.328 e. The second-order valence-corrected chi connectivity index (χ2v) is 8.31. The van der Waals surface area contributed by atoms with Crippen LogP contribution in [0.1, 0.15) is 36.8 Å². The SMILES string of the molecule is COC(=O)[C@@H](NC(=O)c1nn(Cc2ccc(F)cc2)c2ccc(OC)cc12)C(C)(C)C. The van der Waals surface area contributed by atoms with Crippen molar-refractivity contribution in [2.75, 3.05) is 14.2 Å². The number of carbonyl (C=O) groups excluding carboxylic acids is 2. The highest BCUT2D eigenvalue weighted by atomic mass is 19.1.